The molecule has 0 amide bonds. The van der Waals surface area contributed by atoms with Crippen molar-refractivity contribution in [1.82, 2.24) is 0 Å². The van der Waals surface area contributed by atoms with Crippen molar-refractivity contribution in [2.45, 2.75) is 45.3 Å². The molecule has 2 saturated heterocycles. The van der Waals surface area contributed by atoms with Crippen LogP contribution in [-0.4, -0.2) is 17.5 Å². The Morgan fingerprint density at radius 3 is 2.36 bits per heavy atom. The van der Waals surface area contributed by atoms with Crippen molar-refractivity contribution in [3.63, 3.8) is 0 Å². The number of fused-ring (bicyclic) bond motifs is 2. The number of carbonyl (C=O) groups is 1. The van der Waals surface area contributed by atoms with E-state index in [2.05, 4.69) is 0 Å². The minimum Gasteiger partial charge on any atom is -0.363 e. The van der Waals surface area contributed by atoms with E-state index < -0.39 is 5.60 Å². The first-order valence-corrected chi connectivity index (χ1v) is 4.19. The fourth-order valence-corrected chi connectivity index (χ4v) is 2.34. The molecule has 0 saturated carbocycles. The van der Waals surface area contributed by atoms with Gasteiger partial charge in [-0.05, 0) is 19.8 Å². The molecule has 2 heteroatoms. The second-order valence-electron chi connectivity index (χ2n) is 4.43. The SMILES string of the molecule is CC12CCC(O1)C(C)(C)C2=O. The van der Waals surface area contributed by atoms with Crippen LogP contribution in [0.15, 0.2) is 0 Å². The highest BCUT2D eigenvalue weighted by Crippen LogP contribution is 2.50. The second-order valence-corrected chi connectivity index (χ2v) is 4.43. The maximum atomic E-state index is 11.7. The summed E-state index contributed by atoms with van der Waals surface area (Å²) in [5.74, 6) is 0.293. The lowest BCUT2D eigenvalue weighted by Crippen LogP contribution is -2.40. The summed E-state index contributed by atoms with van der Waals surface area (Å²) >= 11 is 0. The number of Topliss-reactive ketones (excluding diaryl/α,β-unsaturated/α-hetero) is 1. The molecule has 2 heterocycles. The molecule has 2 aliphatic heterocycles. The molecule has 2 rings (SSSR count). The minimum atomic E-state index is -0.436. The molecule has 0 N–H and O–H groups in total. The number of ether oxygens (including phenoxy) is 1. The Labute approximate surface area is 66.9 Å². The minimum absolute atomic E-state index is 0.181. The van der Waals surface area contributed by atoms with E-state index in [0.717, 1.165) is 12.8 Å². The van der Waals surface area contributed by atoms with Crippen LogP contribution in [0.4, 0.5) is 0 Å². The van der Waals surface area contributed by atoms with Crippen LogP contribution >= 0.6 is 0 Å². The molecule has 0 aliphatic carbocycles. The van der Waals surface area contributed by atoms with E-state index in [-0.39, 0.29) is 11.5 Å². The zero-order chi connectivity index (χ0) is 8.28. The largest absolute Gasteiger partial charge is 0.363 e. The van der Waals surface area contributed by atoms with Gasteiger partial charge in [-0.2, -0.15) is 0 Å². The average Bonchev–Trinajstić information content (AvgIpc) is 2.36. The Bertz CT molecular complexity index is 213. The van der Waals surface area contributed by atoms with Crippen LogP contribution in [0.1, 0.15) is 33.6 Å². The highest BCUT2D eigenvalue weighted by Gasteiger charge is 2.60. The van der Waals surface area contributed by atoms with E-state index >= 15 is 0 Å². The predicted octanol–water partition coefficient (Wildman–Crippen LogP) is 1.53. The van der Waals surface area contributed by atoms with Crippen LogP contribution in [0.5, 0.6) is 0 Å². The molecule has 2 nitrogen and oxygen atoms in total. The fourth-order valence-electron chi connectivity index (χ4n) is 2.34. The van der Waals surface area contributed by atoms with Gasteiger partial charge in [0.2, 0.25) is 0 Å². The van der Waals surface area contributed by atoms with Crippen LogP contribution in [-0.2, 0) is 9.53 Å². The number of carbonyl (C=O) groups excluding carboxylic acids is 1. The molecule has 0 aromatic carbocycles. The molecule has 0 radical (unpaired) electrons. The standard InChI is InChI=1S/C9H14O2/c1-8(2)6-4-5-9(3,11-6)7(8)10/h6H,4-5H2,1-3H3. The van der Waals surface area contributed by atoms with Crippen LogP contribution in [0.3, 0.4) is 0 Å². The Morgan fingerprint density at radius 2 is 2.09 bits per heavy atom. The van der Waals surface area contributed by atoms with Crippen molar-refractivity contribution < 1.29 is 9.53 Å². The van der Waals surface area contributed by atoms with Crippen LogP contribution < -0.4 is 0 Å². The van der Waals surface area contributed by atoms with Crippen LogP contribution in [0.25, 0.3) is 0 Å². The van der Waals surface area contributed by atoms with E-state index in [4.69, 9.17) is 4.74 Å². The van der Waals surface area contributed by atoms with Gasteiger partial charge < -0.3 is 4.74 Å². The molecule has 62 valence electrons. The lowest BCUT2D eigenvalue weighted by Gasteiger charge is -2.26. The molecule has 2 fully saturated rings. The summed E-state index contributed by atoms with van der Waals surface area (Å²) < 4.78 is 5.64. The second kappa shape index (κ2) is 1.69. The molecular weight excluding hydrogens is 140 g/mol. The molecule has 11 heavy (non-hydrogen) atoms. The molecule has 2 bridgehead atoms. The third-order valence-electron chi connectivity index (χ3n) is 3.16. The number of ketones is 1. The number of hydrogen-bond acceptors (Lipinski definition) is 2. The fraction of sp³-hybridized carbons (Fsp3) is 0.889. The molecule has 0 aromatic heterocycles. The van der Waals surface area contributed by atoms with Gasteiger partial charge in [0.1, 0.15) is 5.60 Å². The number of rotatable bonds is 0. The van der Waals surface area contributed by atoms with Gasteiger partial charge in [0.05, 0.1) is 11.5 Å². The molecule has 2 atom stereocenters. The van der Waals surface area contributed by atoms with Gasteiger partial charge >= 0.3 is 0 Å². The number of hydrogen-bond donors (Lipinski definition) is 0. The molecule has 2 unspecified atom stereocenters. The summed E-state index contributed by atoms with van der Waals surface area (Å²) in [4.78, 5) is 11.7. The summed E-state index contributed by atoms with van der Waals surface area (Å²) in [6.07, 6.45) is 2.15. The maximum Gasteiger partial charge on any atom is 0.172 e. The van der Waals surface area contributed by atoms with Gasteiger partial charge in [-0.25, -0.2) is 0 Å². The van der Waals surface area contributed by atoms with Crippen LogP contribution in [0.2, 0.25) is 0 Å². The third-order valence-corrected chi connectivity index (χ3v) is 3.16. The highest BCUT2D eigenvalue weighted by atomic mass is 16.5. The first-order valence-electron chi connectivity index (χ1n) is 4.19. The Hall–Kier alpha value is -0.370. The lowest BCUT2D eigenvalue weighted by atomic mass is 9.72. The van der Waals surface area contributed by atoms with Crippen molar-refractivity contribution in [3.05, 3.63) is 0 Å². The maximum absolute atomic E-state index is 11.7. The third kappa shape index (κ3) is 0.684. The highest BCUT2D eigenvalue weighted by molar-refractivity contribution is 5.95. The summed E-state index contributed by atoms with van der Waals surface area (Å²) in [5.41, 5.74) is -0.666. The van der Waals surface area contributed by atoms with Gasteiger partial charge in [0.15, 0.2) is 5.78 Å². The predicted molar refractivity (Wildman–Crippen MR) is 41.3 cm³/mol. The smallest absolute Gasteiger partial charge is 0.172 e. The Morgan fingerprint density at radius 1 is 1.45 bits per heavy atom. The zero-order valence-electron chi connectivity index (χ0n) is 7.31. The average molecular weight is 154 g/mol. The topological polar surface area (TPSA) is 26.3 Å². The van der Waals surface area contributed by atoms with E-state index in [1.807, 2.05) is 20.8 Å². The normalized spacial score (nSPS) is 46.8. The van der Waals surface area contributed by atoms with Gasteiger partial charge in [-0.1, -0.05) is 13.8 Å². The van der Waals surface area contributed by atoms with Crippen LogP contribution in [0, 0.1) is 5.41 Å². The monoisotopic (exact) mass is 154 g/mol. The summed E-state index contributed by atoms with van der Waals surface area (Å²) in [6.45, 7) is 5.90. The van der Waals surface area contributed by atoms with Crippen molar-refractivity contribution in [2.24, 2.45) is 5.41 Å². The zero-order valence-corrected chi connectivity index (χ0v) is 7.31. The quantitative estimate of drug-likeness (QED) is 0.529. The first-order chi connectivity index (χ1) is 4.97. The lowest BCUT2D eigenvalue weighted by molar-refractivity contribution is -0.133. The van der Waals surface area contributed by atoms with Crippen molar-refractivity contribution in [2.75, 3.05) is 0 Å². The van der Waals surface area contributed by atoms with Gasteiger partial charge in [0, 0.05) is 0 Å². The first kappa shape index (κ1) is 7.29. The molecule has 0 aromatic rings. The van der Waals surface area contributed by atoms with E-state index in [9.17, 15) is 4.79 Å². The summed E-state index contributed by atoms with van der Waals surface area (Å²) in [6, 6.07) is 0. The molecule has 0 spiro atoms. The van der Waals surface area contributed by atoms with Crippen molar-refractivity contribution >= 4 is 5.78 Å². The van der Waals surface area contributed by atoms with Gasteiger partial charge in [-0.15, -0.1) is 0 Å². The van der Waals surface area contributed by atoms with E-state index in [1.165, 1.54) is 0 Å². The van der Waals surface area contributed by atoms with E-state index in [0.29, 0.717) is 5.78 Å². The summed E-state index contributed by atoms with van der Waals surface area (Å²) in [5, 5.41) is 0. The Balaban J connectivity index is 2.42. The molecular formula is C9H14O2. The van der Waals surface area contributed by atoms with Crippen molar-refractivity contribution in [3.8, 4) is 0 Å². The molecule has 2 aliphatic rings. The van der Waals surface area contributed by atoms with E-state index in [1.54, 1.807) is 0 Å². The van der Waals surface area contributed by atoms with Gasteiger partial charge in [-0.3, -0.25) is 4.79 Å². The Kier molecular flexibility index (Phi) is 1.12. The summed E-state index contributed by atoms with van der Waals surface area (Å²) in [7, 11) is 0. The van der Waals surface area contributed by atoms with Gasteiger partial charge in [0.25, 0.3) is 0 Å². The van der Waals surface area contributed by atoms with Crippen molar-refractivity contribution in [1.29, 1.82) is 0 Å².